The zero-order valence-corrected chi connectivity index (χ0v) is 32.2. The Balaban J connectivity index is 1.04. The van der Waals surface area contributed by atoms with Crippen LogP contribution in [0.3, 0.4) is 0 Å². The molecule has 3 heteroatoms. The van der Waals surface area contributed by atoms with Crippen molar-refractivity contribution >= 4 is 71.7 Å². The molecule has 11 aromatic rings. The zero-order chi connectivity index (χ0) is 38.5. The molecule has 1 aliphatic carbocycles. The van der Waals surface area contributed by atoms with Crippen LogP contribution in [0.5, 0.6) is 0 Å². The molecule has 0 atom stereocenters. The van der Waals surface area contributed by atoms with Gasteiger partial charge in [-0.3, -0.25) is 0 Å². The molecule has 2 aromatic heterocycles. The van der Waals surface area contributed by atoms with Crippen LogP contribution in [-0.2, 0) is 5.41 Å². The lowest BCUT2D eigenvalue weighted by atomic mass is 9.81. The van der Waals surface area contributed by atoms with Crippen LogP contribution in [0.2, 0.25) is 0 Å². The van der Waals surface area contributed by atoms with Crippen molar-refractivity contribution in [1.29, 1.82) is 0 Å². The van der Waals surface area contributed by atoms with Gasteiger partial charge in [-0.05, 0) is 81.2 Å². The number of furan rings is 2. The first-order valence-corrected chi connectivity index (χ1v) is 20.0. The van der Waals surface area contributed by atoms with Gasteiger partial charge in [0, 0.05) is 49.2 Å². The number of anilines is 3. The summed E-state index contributed by atoms with van der Waals surface area (Å²) < 4.78 is 13.5. The fourth-order valence-electron chi connectivity index (χ4n) is 9.64. The molecule has 0 N–H and O–H groups in total. The van der Waals surface area contributed by atoms with Crippen LogP contribution in [-0.4, -0.2) is 0 Å². The molecule has 274 valence electrons. The lowest BCUT2D eigenvalue weighted by molar-refractivity contribution is 0.660. The molecule has 3 nitrogen and oxygen atoms in total. The van der Waals surface area contributed by atoms with Crippen molar-refractivity contribution in [2.75, 3.05) is 4.90 Å². The number of rotatable bonds is 5. The summed E-state index contributed by atoms with van der Waals surface area (Å²) >= 11 is 0. The van der Waals surface area contributed by atoms with Gasteiger partial charge in [0.25, 0.3) is 0 Å². The smallest absolute Gasteiger partial charge is 0.159 e. The van der Waals surface area contributed by atoms with Crippen LogP contribution in [0.1, 0.15) is 25.0 Å². The van der Waals surface area contributed by atoms with Crippen molar-refractivity contribution in [3.63, 3.8) is 0 Å². The highest BCUT2D eigenvalue weighted by molar-refractivity contribution is 6.17. The first-order chi connectivity index (χ1) is 28.5. The van der Waals surface area contributed by atoms with E-state index in [1.165, 1.54) is 33.2 Å². The highest BCUT2D eigenvalue weighted by Gasteiger charge is 2.35. The van der Waals surface area contributed by atoms with Crippen molar-refractivity contribution in [3.8, 4) is 33.4 Å². The van der Waals surface area contributed by atoms with Gasteiger partial charge in [0.05, 0.1) is 11.4 Å². The lowest BCUT2D eigenvalue weighted by Crippen LogP contribution is -2.15. The predicted octanol–water partition coefficient (Wildman–Crippen LogP) is 15.7. The molecular weight excluding hydrogens is 707 g/mol. The molecule has 2 heterocycles. The summed E-state index contributed by atoms with van der Waals surface area (Å²) in [5, 5.41) is 6.75. The van der Waals surface area contributed by atoms with E-state index < -0.39 is 0 Å². The van der Waals surface area contributed by atoms with Gasteiger partial charge in [0.2, 0.25) is 0 Å². The van der Waals surface area contributed by atoms with Gasteiger partial charge in [0.1, 0.15) is 16.7 Å². The van der Waals surface area contributed by atoms with E-state index in [-0.39, 0.29) is 5.41 Å². The highest BCUT2D eigenvalue weighted by atomic mass is 16.3. The van der Waals surface area contributed by atoms with Gasteiger partial charge in [-0.25, -0.2) is 0 Å². The van der Waals surface area contributed by atoms with Gasteiger partial charge in [0.15, 0.2) is 5.58 Å². The Morgan fingerprint density at radius 3 is 1.88 bits per heavy atom. The first kappa shape index (κ1) is 32.8. The molecule has 0 bridgehead atoms. The fraction of sp³-hybridized carbons (Fsp3) is 0.0545. The number of benzene rings is 9. The summed E-state index contributed by atoms with van der Waals surface area (Å²) in [6, 6.07) is 67.6. The third-order valence-electron chi connectivity index (χ3n) is 12.5. The second-order valence-corrected chi connectivity index (χ2v) is 16.0. The van der Waals surface area contributed by atoms with E-state index in [0.717, 1.165) is 83.0 Å². The van der Waals surface area contributed by atoms with Crippen molar-refractivity contribution in [2.24, 2.45) is 0 Å². The zero-order valence-electron chi connectivity index (χ0n) is 32.2. The molecule has 0 saturated heterocycles. The normalized spacial score (nSPS) is 13.1. The largest absolute Gasteiger partial charge is 0.455 e. The molecule has 0 aliphatic heterocycles. The number of hydrogen-bond donors (Lipinski definition) is 0. The van der Waals surface area contributed by atoms with Gasteiger partial charge >= 0.3 is 0 Å². The van der Waals surface area contributed by atoms with E-state index >= 15 is 0 Å². The van der Waals surface area contributed by atoms with Crippen molar-refractivity contribution in [2.45, 2.75) is 19.3 Å². The Labute approximate surface area is 336 Å². The predicted molar refractivity (Wildman–Crippen MR) is 242 cm³/mol. The van der Waals surface area contributed by atoms with Crippen LogP contribution in [0.4, 0.5) is 17.1 Å². The van der Waals surface area contributed by atoms with Gasteiger partial charge in [-0.1, -0.05) is 159 Å². The van der Waals surface area contributed by atoms with Crippen LogP contribution in [0, 0.1) is 0 Å². The second kappa shape index (κ2) is 12.3. The standard InChI is InChI=1S/C55H37NO2/c1-55(2)47-21-8-5-16-41(47)42-31-28-36(33-48(42)55)38-14-6-9-22-49(38)56(50-23-12-20-44-43-17-7-10-24-51(43)57-54(44)50)37-29-25-35(26-30-37)40-18-11-19-45-46-32-27-34-13-3-4-15-39(34)53(46)58-52(40)45/h3-33H,1-2H3. The number of para-hydroxylation sites is 4. The van der Waals surface area contributed by atoms with Gasteiger partial charge in [-0.2, -0.15) is 0 Å². The van der Waals surface area contributed by atoms with Gasteiger partial charge < -0.3 is 13.7 Å². The van der Waals surface area contributed by atoms with E-state index in [9.17, 15) is 0 Å². The summed E-state index contributed by atoms with van der Waals surface area (Å²) in [7, 11) is 0. The second-order valence-electron chi connectivity index (χ2n) is 16.0. The maximum absolute atomic E-state index is 6.75. The first-order valence-electron chi connectivity index (χ1n) is 20.0. The minimum absolute atomic E-state index is 0.109. The minimum atomic E-state index is -0.109. The summed E-state index contributed by atoms with van der Waals surface area (Å²) in [4.78, 5) is 2.37. The average Bonchev–Trinajstić information content (AvgIpc) is 3.93. The summed E-state index contributed by atoms with van der Waals surface area (Å²) in [6.45, 7) is 4.69. The van der Waals surface area contributed by atoms with E-state index in [4.69, 9.17) is 8.83 Å². The molecule has 0 amide bonds. The van der Waals surface area contributed by atoms with Crippen LogP contribution in [0.25, 0.3) is 88.0 Å². The van der Waals surface area contributed by atoms with Crippen molar-refractivity contribution < 1.29 is 8.83 Å². The van der Waals surface area contributed by atoms with E-state index in [1.54, 1.807) is 0 Å². The molecular formula is C55H37NO2. The summed E-state index contributed by atoms with van der Waals surface area (Å²) in [5.41, 5.74) is 16.4. The number of hydrogen-bond acceptors (Lipinski definition) is 3. The van der Waals surface area contributed by atoms with Crippen LogP contribution in [0.15, 0.2) is 197 Å². The van der Waals surface area contributed by atoms with Gasteiger partial charge in [-0.15, -0.1) is 0 Å². The molecule has 0 spiro atoms. The van der Waals surface area contributed by atoms with Crippen molar-refractivity contribution in [1.82, 2.24) is 0 Å². The van der Waals surface area contributed by atoms with E-state index in [0.29, 0.717) is 0 Å². The van der Waals surface area contributed by atoms with Crippen LogP contribution < -0.4 is 4.90 Å². The molecule has 9 aromatic carbocycles. The Morgan fingerprint density at radius 2 is 1.00 bits per heavy atom. The fourth-order valence-corrected chi connectivity index (χ4v) is 9.64. The molecule has 12 rings (SSSR count). The minimum Gasteiger partial charge on any atom is -0.455 e. The third-order valence-corrected chi connectivity index (χ3v) is 12.5. The Hall–Kier alpha value is -7.36. The number of nitrogens with zero attached hydrogens (tertiary/aromatic N) is 1. The maximum atomic E-state index is 6.75. The average molecular weight is 744 g/mol. The molecule has 0 radical (unpaired) electrons. The monoisotopic (exact) mass is 743 g/mol. The molecule has 58 heavy (non-hydrogen) atoms. The van der Waals surface area contributed by atoms with E-state index in [1.807, 2.05) is 6.07 Å². The summed E-state index contributed by atoms with van der Waals surface area (Å²) in [6.07, 6.45) is 0. The summed E-state index contributed by atoms with van der Waals surface area (Å²) in [5.74, 6) is 0. The topological polar surface area (TPSA) is 29.5 Å². The van der Waals surface area contributed by atoms with E-state index in [2.05, 4.69) is 201 Å². The Kier molecular flexibility index (Phi) is 6.98. The van der Waals surface area contributed by atoms with Crippen LogP contribution >= 0.6 is 0 Å². The third kappa shape index (κ3) is 4.74. The van der Waals surface area contributed by atoms with Crippen molar-refractivity contribution in [3.05, 3.63) is 199 Å². The SMILES string of the molecule is CC1(C)c2ccccc2-c2ccc(-c3ccccc3N(c3ccc(-c4cccc5c4oc4c6ccccc6ccc54)cc3)c3cccc4c3oc3ccccc34)cc21. The highest BCUT2D eigenvalue weighted by Crippen LogP contribution is 2.51. The lowest BCUT2D eigenvalue weighted by Gasteiger charge is -2.28. The Bertz CT molecular complexity index is 3440. The Morgan fingerprint density at radius 1 is 0.379 bits per heavy atom. The molecule has 0 unspecified atom stereocenters. The quantitative estimate of drug-likeness (QED) is 0.176. The molecule has 1 aliphatic rings. The number of fused-ring (bicyclic) bond motifs is 11. The molecule has 0 fully saturated rings. The maximum Gasteiger partial charge on any atom is 0.159 e. The molecule has 0 saturated carbocycles.